The van der Waals surface area contributed by atoms with Gasteiger partial charge in [0.2, 0.25) is 5.91 Å². The number of aromatic nitrogens is 2. The Morgan fingerprint density at radius 1 is 1.03 bits per heavy atom. The third kappa shape index (κ3) is 4.63. The van der Waals surface area contributed by atoms with E-state index in [2.05, 4.69) is 15.3 Å². The first kappa shape index (κ1) is 19.5. The number of carbonyl (C=O) groups excluding carboxylic acids is 1. The van der Waals surface area contributed by atoms with Crippen molar-refractivity contribution in [1.29, 1.82) is 0 Å². The predicted molar refractivity (Wildman–Crippen MR) is 108 cm³/mol. The maximum atomic E-state index is 12.7. The monoisotopic (exact) mass is 433 g/mol. The minimum absolute atomic E-state index is 0.0992. The lowest BCUT2D eigenvalue weighted by molar-refractivity contribution is -0.137. The summed E-state index contributed by atoms with van der Waals surface area (Å²) in [5.41, 5.74) is 1.37. The molecule has 2 aromatic carbocycles. The SMILES string of the molecule is O=C(Cc1csc(-c2ccc(C(F)(F)F)cc2)n1)NCc1nc2ccccc2s1. The van der Waals surface area contributed by atoms with Crippen LogP contribution in [0.3, 0.4) is 0 Å². The molecule has 148 valence electrons. The summed E-state index contributed by atoms with van der Waals surface area (Å²) in [5, 5.41) is 5.97. The number of alkyl halides is 3. The fourth-order valence-electron chi connectivity index (χ4n) is 2.72. The predicted octanol–water partition coefficient (Wildman–Crippen LogP) is 5.30. The Kier molecular flexibility index (Phi) is 5.33. The molecule has 1 amide bonds. The number of rotatable bonds is 5. The van der Waals surface area contributed by atoms with Gasteiger partial charge in [-0.25, -0.2) is 9.97 Å². The van der Waals surface area contributed by atoms with Crippen molar-refractivity contribution in [3.05, 3.63) is 70.2 Å². The second kappa shape index (κ2) is 7.92. The van der Waals surface area contributed by atoms with E-state index in [1.165, 1.54) is 34.8 Å². The van der Waals surface area contributed by atoms with Gasteiger partial charge in [0.25, 0.3) is 0 Å². The Labute approximate surface area is 172 Å². The highest BCUT2D eigenvalue weighted by molar-refractivity contribution is 7.18. The summed E-state index contributed by atoms with van der Waals surface area (Å²) in [7, 11) is 0. The van der Waals surface area contributed by atoms with Crippen molar-refractivity contribution in [1.82, 2.24) is 15.3 Å². The van der Waals surface area contributed by atoms with Gasteiger partial charge in [0.15, 0.2) is 0 Å². The molecule has 0 bridgehead atoms. The first-order valence-electron chi connectivity index (χ1n) is 8.62. The minimum atomic E-state index is -4.37. The molecule has 0 unspecified atom stereocenters. The third-order valence-corrected chi connectivity index (χ3v) is 6.10. The average molecular weight is 433 g/mol. The van der Waals surface area contributed by atoms with Gasteiger partial charge in [-0.15, -0.1) is 22.7 Å². The van der Waals surface area contributed by atoms with Crippen molar-refractivity contribution in [3.63, 3.8) is 0 Å². The van der Waals surface area contributed by atoms with E-state index < -0.39 is 11.7 Å². The van der Waals surface area contributed by atoms with Crippen molar-refractivity contribution in [2.24, 2.45) is 0 Å². The van der Waals surface area contributed by atoms with Crippen molar-refractivity contribution in [3.8, 4) is 10.6 Å². The quantitative estimate of drug-likeness (QED) is 0.465. The van der Waals surface area contributed by atoms with E-state index >= 15 is 0 Å². The van der Waals surface area contributed by atoms with E-state index in [0.29, 0.717) is 22.8 Å². The number of nitrogens with one attached hydrogen (secondary N) is 1. The van der Waals surface area contributed by atoms with Gasteiger partial charge in [-0.1, -0.05) is 24.3 Å². The van der Waals surface area contributed by atoms with Crippen LogP contribution in [-0.4, -0.2) is 15.9 Å². The zero-order valence-corrected chi connectivity index (χ0v) is 16.5. The van der Waals surface area contributed by atoms with E-state index in [9.17, 15) is 18.0 Å². The molecule has 0 aliphatic carbocycles. The van der Waals surface area contributed by atoms with Crippen LogP contribution in [0, 0.1) is 0 Å². The van der Waals surface area contributed by atoms with Crippen LogP contribution in [0.1, 0.15) is 16.3 Å². The second-order valence-corrected chi connectivity index (χ2v) is 8.22. The normalized spacial score (nSPS) is 11.7. The van der Waals surface area contributed by atoms with Crippen LogP contribution in [0.2, 0.25) is 0 Å². The maximum Gasteiger partial charge on any atom is 0.416 e. The fraction of sp³-hybridized carbons (Fsp3) is 0.150. The van der Waals surface area contributed by atoms with Crippen molar-refractivity contribution in [2.45, 2.75) is 19.1 Å². The fourth-order valence-corrected chi connectivity index (χ4v) is 4.45. The van der Waals surface area contributed by atoms with Gasteiger partial charge >= 0.3 is 6.18 Å². The molecule has 29 heavy (non-hydrogen) atoms. The molecule has 4 rings (SSSR count). The number of amides is 1. The minimum Gasteiger partial charge on any atom is -0.349 e. The summed E-state index contributed by atoms with van der Waals surface area (Å²) in [6.07, 6.45) is -4.27. The third-order valence-electron chi connectivity index (χ3n) is 4.13. The van der Waals surface area contributed by atoms with Crippen LogP contribution in [0.4, 0.5) is 13.2 Å². The summed E-state index contributed by atoms with van der Waals surface area (Å²) >= 11 is 2.82. The number of benzene rings is 2. The van der Waals surface area contributed by atoms with Crippen LogP contribution in [0.15, 0.2) is 53.9 Å². The van der Waals surface area contributed by atoms with E-state index in [1.54, 1.807) is 5.38 Å². The number of thiazole rings is 2. The molecule has 0 aliphatic rings. The highest BCUT2D eigenvalue weighted by Crippen LogP contribution is 2.31. The molecular formula is C20H14F3N3OS2. The van der Waals surface area contributed by atoms with E-state index in [-0.39, 0.29) is 12.3 Å². The molecular weight excluding hydrogens is 419 g/mol. The number of carbonyl (C=O) groups is 1. The van der Waals surface area contributed by atoms with Gasteiger partial charge in [0, 0.05) is 10.9 Å². The van der Waals surface area contributed by atoms with Crippen LogP contribution >= 0.6 is 22.7 Å². The molecule has 0 saturated heterocycles. The average Bonchev–Trinajstić information content (AvgIpc) is 3.32. The Bertz CT molecular complexity index is 1120. The molecule has 0 aliphatic heterocycles. The van der Waals surface area contributed by atoms with E-state index in [1.807, 2.05) is 24.3 Å². The lowest BCUT2D eigenvalue weighted by Gasteiger charge is -2.06. The highest BCUT2D eigenvalue weighted by atomic mass is 32.1. The lowest BCUT2D eigenvalue weighted by atomic mass is 10.1. The van der Waals surface area contributed by atoms with Crippen LogP contribution < -0.4 is 5.32 Å². The highest BCUT2D eigenvalue weighted by Gasteiger charge is 2.30. The summed E-state index contributed by atoms with van der Waals surface area (Å²) in [6.45, 7) is 0.341. The molecule has 0 radical (unpaired) electrons. The van der Waals surface area contributed by atoms with Crippen molar-refractivity contribution >= 4 is 38.8 Å². The Balaban J connectivity index is 1.36. The smallest absolute Gasteiger partial charge is 0.349 e. The Morgan fingerprint density at radius 3 is 2.52 bits per heavy atom. The van der Waals surface area contributed by atoms with Gasteiger partial charge in [-0.2, -0.15) is 13.2 Å². The number of para-hydroxylation sites is 1. The molecule has 1 N–H and O–H groups in total. The lowest BCUT2D eigenvalue weighted by Crippen LogP contribution is -2.24. The second-order valence-electron chi connectivity index (χ2n) is 6.25. The number of hydrogen-bond acceptors (Lipinski definition) is 5. The topological polar surface area (TPSA) is 54.9 Å². The largest absolute Gasteiger partial charge is 0.416 e. The molecule has 0 saturated carbocycles. The summed E-state index contributed by atoms with van der Waals surface area (Å²) in [6, 6.07) is 12.6. The first-order chi connectivity index (χ1) is 13.9. The van der Waals surface area contributed by atoms with Crippen molar-refractivity contribution < 1.29 is 18.0 Å². The molecule has 0 atom stereocenters. The van der Waals surface area contributed by atoms with Crippen molar-refractivity contribution in [2.75, 3.05) is 0 Å². The van der Waals surface area contributed by atoms with Gasteiger partial charge in [-0.3, -0.25) is 4.79 Å². The summed E-state index contributed by atoms with van der Waals surface area (Å²) < 4.78 is 39.1. The number of halogens is 3. The van der Waals surface area contributed by atoms with Gasteiger partial charge in [-0.05, 0) is 24.3 Å². The van der Waals surface area contributed by atoms with Gasteiger partial charge < -0.3 is 5.32 Å². The Hall–Kier alpha value is -2.78. The standard InChI is InChI=1S/C20H14F3N3OS2/c21-20(22,23)13-7-5-12(6-8-13)19-25-14(11-28-19)9-17(27)24-10-18-26-15-3-1-2-4-16(15)29-18/h1-8,11H,9-10H2,(H,24,27). The molecule has 9 heteroatoms. The molecule has 0 spiro atoms. The molecule has 4 nitrogen and oxygen atoms in total. The Morgan fingerprint density at radius 2 is 1.79 bits per heavy atom. The molecule has 0 fully saturated rings. The maximum absolute atomic E-state index is 12.7. The van der Waals surface area contributed by atoms with Crippen LogP contribution in [-0.2, 0) is 23.9 Å². The summed E-state index contributed by atoms with van der Waals surface area (Å²) in [4.78, 5) is 21.0. The number of nitrogens with zero attached hydrogens (tertiary/aromatic N) is 2. The number of fused-ring (bicyclic) bond motifs is 1. The van der Waals surface area contributed by atoms with E-state index in [4.69, 9.17) is 0 Å². The number of hydrogen-bond donors (Lipinski definition) is 1. The van der Waals surface area contributed by atoms with Crippen LogP contribution in [0.25, 0.3) is 20.8 Å². The zero-order chi connectivity index (χ0) is 20.4. The zero-order valence-electron chi connectivity index (χ0n) is 14.9. The summed E-state index contributed by atoms with van der Waals surface area (Å²) in [5.74, 6) is -0.187. The molecule has 2 heterocycles. The van der Waals surface area contributed by atoms with E-state index in [0.717, 1.165) is 27.4 Å². The first-order valence-corrected chi connectivity index (χ1v) is 10.3. The molecule has 2 aromatic heterocycles. The van der Waals surface area contributed by atoms with Gasteiger partial charge in [0.05, 0.1) is 34.4 Å². The van der Waals surface area contributed by atoms with Crippen LogP contribution in [0.5, 0.6) is 0 Å². The van der Waals surface area contributed by atoms with Gasteiger partial charge in [0.1, 0.15) is 10.0 Å². The molecule has 4 aromatic rings.